The third kappa shape index (κ3) is 4.41. The van der Waals surface area contributed by atoms with E-state index in [9.17, 15) is 9.90 Å². The third-order valence-electron chi connectivity index (χ3n) is 2.88. The van der Waals surface area contributed by atoms with Crippen LogP contribution in [0.2, 0.25) is 5.02 Å². The second-order valence-corrected chi connectivity index (χ2v) is 5.91. The monoisotopic (exact) mass is 295 g/mol. The highest BCUT2D eigenvalue weighted by Gasteiger charge is 2.25. The molecule has 5 nitrogen and oxygen atoms in total. The van der Waals surface area contributed by atoms with Crippen LogP contribution in [-0.4, -0.2) is 23.8 Å². The molecule has 0 heterocycles. The van der Waals surface area contributed by atoms with E-state index in [1.165, 1.54) is 12.1 Å². The number of nitriles is 1. The summed E-state index contributed by atoms with van der Waals surface area (Å²) in [5.74, 6) is 0. The summed E-state index contributed by atoms with van der Waals surface area (Å²) in [4.78, 5) is 11.9. The predicted molar refractivity (Wildman–Crippen MR) is 78.7 cm³/mol. The summed E-state index contributed by atoms with van der Waals surface area (Å²) in [5.41, 5.74) is 0.576. The standard InChI is InChI=1S/C14H18ClN3O2/c1-14(2,3)12(8-19)18-13(20)17-10-5-4-9(7-16)11(15)6-10/h4-6,12,19H,8H2,1-3H3,(H2,17,18,20)/t12-/m1/s1. The zero-order chi connectivity index (χ0) is 15.3. The molecule has 0 aliphatic rings. The van der Waals surface area contributed by atoms with Crippen LogP contribution >= 0.6 is 11.6 Å². The summed E-state index contributed by atoms with van der Waals surface area (Å²) in [5, 5.41) is 23.6. The summed E-state index contributed by atoms with van der Waals surface area (Å²) < 4.78 is 0. The normalized spacial score (nSPS) is 12.4. The molecule has 0 fully saturated rings. The van der Waals surface area contributed by atoms with Crippen molar-refractivity contribution in [2.45, 2.75) is 26.8 Å². The summed E-state index contributed by atoms with van der Waals surface area (Å²) in [6.07, 6.45) is 0. The van der Waals surface area contributed by atoms with Gasteiger partial charge in [-0.3, -0.25) is 0 Å². The Bertz CT molecular complexity index is 532. The molecule has 0 radical (unpaired) electrons. The number of urea groups is 1. The van der Waals surface area contributed by atoms with Gasteiger partial charge in [0.2, 0.25) is 0 Å². The Kier molecular flexibility index (Phi) is 5.37. The lowest BCUT2D eigenvalue weighted by molar-refractivity contribution is 0.162. The highest BCUT2D eigenvalue weighted by molar-refractivity contribution is 6.32. The number of hydrogen-bond acceptors (Lipinski definition) is 3. The van der Waals surface area contributed by atoms with Crippen LogP contribution in [0.1, 0.15) is 26.3 Å². The molecule has 0 aliphatic carbocycles. The van der Waals surface area contributed by atoms with Crippen molar-refractivity contribution < 1.29 is 9.90 Å². The largest absolute Gasteiger partial charge is 0.394 e. The minimum Gasteiger partial charge on any atom is -0.394 e. The number of aliphatic hydroxyl groups is 1. The molecule has 1 aromatic carbocycles. The minimum atomic E-state index is -0.431. The van der Waals surface area contributed by atoms with Crippen molar-refractivity contribution in [3.8, 4) is 6.07 Å². The smallest absolute Gasteiger partial charge is 0.319 e. The van der Waals surface area contributed by atoms with E-state index in [2.05, 4.69) is 10.6 Å². The molecule has 0 unspecified atom stereocenters. The number of nitrogens with one attached hydrogen (secondary N) is 2. The van der Waals surface area contributed by atoms with Crippen molar-refractivity contribution in [2.24, 2.45) is 5.41 Å². The molecule has 0 bridgehead atoms. The fraction of sp³-hybridized carbons (Fsp3) is 0.429. The van der Waals surface area contributed by atoms with Gasteiger partial charge in [0.25, 0.3) is 0 Å². The van der Waals surface area contributed by atoms with Crippen molar-refractivity contribution in [1.82, 2.24) is 5.32 Å². The van der Waals surface area contributed by atoms with Gasteiger partial charge in [-0.2, -0.15) is 5.26 Å². The zero-order valence-corrected chi connectivity index (χ0v) is 12.5. The summed E-state index contributed by atoms with van der Waals surface area (Å²) in [6.45, 7) is 5.62. The van der Waals surface area contributed by atoms with Crippen molar-refractivity contribution in [1.29, 1.82) is 5.26 Å². The number of amides is 2. The number of benzene rings is 1. The molecule has 0 spiro atoms. The van der Waals surface area contributed by atoms with E-state index in [1.54, 1.807) is 6.07 Å². The van der Waals surface area contributed by atoms with Crippen LogP contribution in [0.25, 0.3) is 0 Å². The van der Waals surface area contributed by atoms with Crippen molar-refractivity contribution in [3.05, 3.63) is 28.8 Å². The van der Waals surface area contributed by atoms with Gasteiger partial charge in [-0.15, -0.1) is 0 Å². The van der Waals surface area contributed by atoms with Crippen molar-refractivity contribution in [3.63, 3.8) is 0 Å². The molecule has 0 saturated carbocycles. The first-order valence-corrected chi connectivity index (χ1v) is 6.53. The fourth-order valence-electron chi connectivity index (χ4n) is 1.54. The van der Waals surface area contributed by atoms with Gasteiger partial charge in [0.15, 0.2) is 0 Å². The van der Waals surface area contributed by atoms with Crippen LogP contribution in [0.5, 0.6) is 0 Å². The van der Waals surface area contributed by atoms with E-state index in [0.717, 1.165) is 0 Å². The van der Waals surface area contributed by atoms with Crippen molar-refractivity contribution >= 4 is 23.3 Å². The maximum atomic E-state index is 11.9. The number of carbonyl (C=O) groups excluding carboxylic acids is 1. The van der Waals surface area contributed by atoms with Crippen LogP contribution < -0.4 is 10.6 Å². The number of aliphatic hydroxyl groups excluding tert-OH is 1. The zero-order valence-electron chi connectivity index (χ0n) is 11.7. The Morgan fingerprint density at radius 1 is 1.50 bits per heavy atom. The minimum absolute atomic E-state index is 0.148. The average Bonchev–Trinajstić information content (AvgIpc) is 2.34. The molecular formula is C14H18ClN3O2. The average molecular weight is 296 g/mol. The third-order valence-corrected chi connectivity index (χ3v) is 3.19. The molecule has 0 aliphatic heterocycles. The predicted octanol–water partition coefficient (Wildman–Crippen LogP) is 2.74. The van der Waals surface area contributed by atoms with Gasteiger partial charge in [0.05, 0.1) is 23.2 Å². The van der Waals surface area contributed by atoms with Crippen molar-refractivity contribution in [2.75, 3.05) is 11.9 Å². The Morgan fingerprint density at radius 2 is 2.15 bits per heavy atom. The summed E-state index contributed by atoms with van der Waals surface area (Å²) >= 11 is 5.88. The molecule has 3 N–H and O–H groups in total. The quantitative estimate of drug-likeness (QED) is 0.801. The molecule has 0 aromatic heterocycles. The van der Waals surface area contributed by atoms with E-state index in [4.69, 9.17) is 16.9 Å². The molecule has 20 heavy (non-hydrogen) atoms. The highest BCUT2D eigenvalue weighted by Crippen LogP contribution is 2.21. The molecule has 1 aromatic rings. The van der Waals surface area contributed by atoms with Gasteiger partial charge in [-0.1, -0.05) is 32.4 Å². The lowest BCUT2D eigenvalue weighted by Crippen LogP contribution is -2.47. The number of hydrogen-bond donors (Lipinski definition) is 3. The first-order chi connectivity index (χ1) is 9.27. The van der Waals surface area contributed by atoms with Gasteiger partial charge in [-0.05, 0) is 23.6 Å². The number of rotatable bonds is 3. The van der Waals surface area contributed by atoms with E-state index in [1.807, 2.05) is 26.8 Å². The first kappa shape index (κ1) is 16.3. The highest BCUT2D eigenvalue weighted by atomic mass is 35.5. The molecule has 0 saturated heterocycles. The Balaban J connectivity index is 2.72. The molecule has 108 valence electrons. The molecule has 2 amide bonds. The van der Waals surface area contributed by atoms with Crippen LogP contribution in [0.4, 0.5) is 10.5 Å². The molecule has 6 heteroatoms. The second-order valence-electron chi connectivity index (χ2n) is 5.51. The Morgan fingerprint density at radius 3 is 2.60 bits per heavy atom. The number of carbonyl (C=O) groups is 1. The van der Waals surface area contributed by atoms with Gasteiger partial charge >= 0.3 is 6.03 Å². The molecular weight excluding hydrogens is 278 g/mol. The van der Waals surface area contributed by atoms with E-state index >= 15 is 0 Å². The van der Waals surface area contributed by atoms with Gasteiger partial charge in [0.1, 0.15) is 6.07 Å². The van der Waals surface area contributed by atoms with Crippen LogP contribution in [0.3, 0.4) is 0 Å². The van der Waals surface area contributed by atoms with Gasteiger partial charge in [-0.25, -0.2) is 4.79 Å². The maximum absolute atomic E-state index is 11.9. The summed E-state index contributed by atoms with van der Waals surface area (Å²) in [6, 6.07) is 5.78. The number of halogens is 1. The number of anilines is 1. The fourth-order valence-corrected chi connectivity index (χ4v) is 1.77. The Hall–Kier alpha value is -1.77. The van der Waals surface area contributed by atoms with Gasteiger partial charge in [0, 0.05) is 5.69 Å². The summed E-state index contributed by atoms with van der Waals surface area (Å²) in [7, 11) is 0. The van der Waals surface area contributed by atoms with Crippen LogP contribution in [0, 0.1) is 16.7 Å². The van der Waals surface area contributed by atoms with Crippen LogP contribution in [-0.2, 0) is 0 Å². The maximum Gasteiger partial charge on any atom is 0.319 e. The molecule has 1 rings (SSSR count). The van der Waals surface area contributed by atoms with Gasteiger partial charge < -0.3 is 15.7 Å². The van der Waals surface area contributed by atoms with E-state index < -0.39 is 6.03 Å². The lowest BCUT2D eigenvalue weighted by Gasteiger charge is -2.29. The first-order valence-electron chi connectivity index (χ1n) is 6.16. The number of nitrogens with zero attached hydrogens (tertiary/aromatic N) is 1. The van der Waals surface area contributed by atoms with E-state index in [0.29, 0.717) is 11.3 Å². The van der Waals surface area contributed by atoms with Crippen LogP contribution in [0.15, 0.2) is 18.2 Å². The molecule has 1 atom stereocenters. The van der Waals surface area contributed by atoms with E-state index in [-0.39, 0.29) is 23.1 Å². The SMILES string of the molecule is CC(C)(C)[C@@H](CO)NC(=O)Nc1ccc(C#N)c(Cl)c1. The Labute approximate surface area is 123 Å². The topological polar surface area (TPSA) is 85.2 Å². The lowest BCUT2D eigenvalue weighted by atomic mass is 9.87. The second kappa shape index (κ2) is 6.60.